The molecule has 0 unspecified atom stereocenters. The number of fused-ring (bicyclic) bond motifs is 1. The fraction of sp³-hybridized carbons (Fsp3) is 0.176. The van der Waals surface area contributed by atoms with Crippen LogP contribution in [0.25, 0.3) is 0 Å². The van der Waals surface area contributed by atoms with E-state index in [4.69, 9.17) is 40.9 Å². The first kappa shape index (κ1) is 23.1. The van der Waals surface area contributed by atoms with Crippen molar-refractivity contribution in [2.75, 3.05) is 14.2 Å². The summed E-state index contributed by atoms with van der Waals surface area (Å²) in [5, 5.41) is 0.817. The van der Waals surface area contributed by atoms with Crippen LogP contribution in [0.1, 0.15) is 21.5 Å². The summed E-state index contributed by atoms with van der Waals surface area (Å²) < 4.78 is 65.7. The van der Waals surface area contributed by atoms with E-state index in [1.807, 2.05) is 24.3 Å². The summed E-state index contributed by atoms with van der Waals surface area (Å²) in [6.07, 6.45) is 0. The Bertz CT molecular complexity index is 1100. The third kappa shape index (κ3) is 4.89. The van der Waals surface area contributed by atoms with Crippen LogP contribution in [-0.2, 0) is 10.1 Å². The molecule has 1 heterocycles. The highest BCUT2D eigenvalue weighted by atomic mass is 35.5. The zero-order valence-electron chi connectivity index (χ0n) is 14.8. The number of benzene rings is 2. The van der Waals surface area contributed by atoms with E-state index < -0.39 is 15.6 Å². The molecule has 0 radical (unpaired) electrons. The second-order valence-electron chi connectivity index (χ2n) is 5.65. The van der Waals surface area contributed by atoms with Crippen LogP contribution >= 0.6 is 23.2 Å². The van der Waals surface area contributed by atoms with Gasteiger partial charge < -0.3 is 9.29 Å². The lowest BCUT2D eigenvalue weighted by atomic mass is 10.00. The van der Waals surface area contributed by atoms with Crippen LogP contribution in [0.3, 0.4) is 0 Å². The molecule has 0 aliphatic carbocycles. The van der Waals surface area contributed by atoms with Crippen molar-refractivity contribution in [3.05, 3.63) is 63.1 Å². The molecule has 3 rings (SSSR count). The predicted molar refractivity (Wildman–Crippen MR) is 98.9 cm³/mol. The van der Waals surface area contributed by atoms with E-state index in [-0.39, 0.29) is 5.91 Å². The van der Waals surface area contributed by atoms with Gasteiger partial charge in [0.05, 0.1) is 22.7 Å². The fourth-order valence-electron chi connectivity index (χ4n) is 2.48. The number of methoxy groups -OCH3 is 1. The highest BCUT2D eigenvalue weighted by Gasteiger charge is 2.37. The van der Waals surface area contributed by atoms with Crippen molar-refractivity contribution in [3.63, 3.8) is 0 Å². The molecule has 2 aromatic carbocycles. The molecule has 0 atom stereocenters. The number of alkyl halides is 3. The van der Waals surface area contributed by atoms with Crippen molar-refractivity contribution in [2.24, 2.45) is 0 Å². The van der Waals surface area contributed by atoms with Gasteiger partial charge in [-0.25, -0.2) is 13.2 Å². The average molecular weight is 470 g/mol. The molecule has 29 heavy (non-hydrogen) atoms. The van der Waals surface area contributed by atoms with E-state index in [9.17, 15) is 18.0 Å². The zero-order chi connectivity index (χ0) is 22.1. The summed E-state index contributed by atoms with van der Waals surface area (Å²) in [5.74, 6) is 0.676. The number of carbonyl (C=O) groups excluding carboxylic acids is 1. The van der Waals surface area contributed by atoms with Gasteiger partial charge in [-0.3, -0.25) is 0 Å². The van der Waals surface area contributed by atoms with Gasteiger partial charge in [0.2, 0.25) is 5.71 Å². The molecule has 0 bridgehead atoms. The van der Waals surface area contributed by atoms with Crippen molar-refractivity contribution >= 4 is 44.9 Å². The van der Waals surface area contributed by atoms with Crippen molar-refractivity contribution in [1.29, 1.82) is 0 Å². The van der Waals surface area contributed by atoms with E-state index in [0.717, 1.165) is 22.6 Å². The SMILES string of the molecule is COc1ccc(C2=[N+](C)C(=O)c3cc(Cl)c(Cl)cc32)cc1.O=S(=O)([O-])C(F)(F)F. The zero-order valence-corrected chi connectivity index (χ0v) is 17.1. The first-order chi connectivity index (χ1) is 13.3. The van der Waals surface area contributed by atoms with Gasteiger partial charge in [0, 0.05) is 5.56 Å². The average Bonchev–Trinajstić information content (AvgIpc) is 2.85. The number of carbonyl (C=O) groups is 1. The fourth-order valence-corrected chi connectivity index (χ4v) is 2.81. The summed E-state index contributed by atoms with van der Waals surface area (Å²) in [4.78, 5) is 12.3. The number of nitrogens with zero attached hydrogens (tertiary/aromatic N) is 1. The van der Waals surface area contributed by atoms with Gasteiger partial charge >= 0.3 is 11.4 Å². The molecular formula is C17H12Cl2F3NO5S. The lowest BCUT2D eigenvalue weighted by Gasteiger charge is -2.08. The minimum atomic E-state index is -6.09. The first-order valence-corrected chi connectivity index (χ1v) is 9.75. The largest absolute Gasteiger partial charge is 0.741 e. The summed E-state index contributed by atoms with van der Waals surface area (Å²) in [6, 6.07) is 10.9. The van der Waals surface area contributed by atoms with Gasteiger partial charge in [0.15, 0.2) is 10.1 Å². The van der Waals surface area contributed by atoms with E-state index in [1.54, 1.807) is 30.9 Å². The van der Waals surface area contributed by atoms with Gasteiger partial charge in [-0.2, -0.15) is 17.7 Å². The van der Waals surface area contributed by atoms with Gasteiger partial charge in [-0.1, -0.05) is 23.2 Å². The van der Waals surface area contributed by atoms with Crippen LogP contribution in [-0.4, -0.2) is 48.8 Å². The van der Waals surface area contributed by atoms with Gasteiger partial charge in [-0.05, 0) is 36.4 Å². The Morgan fingerprint density at radius 3 is 1.90 bits per heavy atom. The number of halogens is 5. The van der Waals surface area contributed by atoms with E-state index >= 15 is 0 Å². The third-order valence-corrected chi connectivity index (χ3v) is 5.12. The molecule has 0 saturated carbocycles. The Balaban J connectivity index is 0.000000321. The molecular weight excluding hydrogens is 458 g/mol. The second-order valence-corrected chi connectivity index (χ2v) is 7.84. The summed E-state index contributed by atoms with van der Waals surface area (Å²) in [7, 11) is -2.73. The third-order valence-electron chi connectivity index (χ3n) is 3.83. The van der Waals surface area contributed by atoms with E-state index in [0.29, 0.717) is 15.6 Å². The van der Waals surface area contributed by atoms with Crippen molar-refractivity contribution in [3.8, 4) is 5.75 Å². The Hall–Kier alpha value is -2.14. The molecule has 6 nitrogen and oxygen atoms in total. The maximum atomic E-state index is 12.3. The van der Waals surface area contributed by atoms with Gasteiger partial charge in [0.25, 0.3) is 0 Å². The Morgan fingerprint density at radius 2 is 1.48 bits per heavy atom. The molecule has 1 aliphatic heterocycles. The normalized spacial score (nSPS) is 13.7. The van der Waals surface area contributed by atoms with Crippen LogP contribution in [0.15, 0.2) is 36.4 Å². The molecule has 156 valence electrons. The molecule has 1 amide bonds. The molecule has 1 aliphatic rings. The van der Waals surface area contributed by atoms with Crippen molar-refractivity contribution < 1.29 is 40.2 Å². The minimum Gasteiger partial charge on any atom is -0.741 e. The monoisotopic (exact) mass is 469 g/mol. The smallest absolute Gasteiger partial charge is 0.485 e. The van der Waals surface area contributed by atoms with Crippen molar-refractivity contribution in [1.82, 2.24) is 0 Å². The molecule has 0 spiro atoms. The Labute approximate surface area is 173 Å². The maximum Gasteiger partial charge on any atom is 0.485 e. The maximum absolute atomic E-state index is 12.3. The van der Waals surface area contributed by atoms with Crippen molar-refractivity contribution in [2.45, 2.75) is 5.51 Å². The molecule has 12 heteroatoms. The van der Waals surface area contributed by atoms with E-state index in [1.165, 1.54) is 0 Å². The Morgan fingerprint density at radius 1 is 1.03 bits per heavy atom. The number of ether oxygens (including phenoxy) is 1. The lowest BCUT2D eigenvalue weighted by molar-refractivity contribution is -0.389. The lowest BCUT2D eigenvalue weighted by Crippen LogP contribution is -2.21. The molecule has 2 aromatic rings. The molecule has 0 saturated heterocycles. The topological polar surface area (TPSA) is 86.5 Å². The van der Waals surface area contributed by atoms with Crippen LogP contribution in [0.4, 0.5) is 13.2 Å². The minimum absolute atomic E-state index is 0.0885. The Kier molecular flexibility index (Phi) is 6.63. The quantitative estimate of drug-likeness (QED) is 0.380. The predicted octanol–water partition coefficient (Wildman–Crippen LogP) is 3.69. The standard InChI is InChI=1S/C16H12Cl2NO2.CHF3O3S/c1-19-15(9-3-5-10(21-2)6-4-9)11-7-13(17)14(18)8-12(11)16(19)20;2-1(3,4)8(5,6)7/h3-8H,1-2H3;(H,5,6,7)/q+1;/p-1. The molecule has 0 fully saturated rings. The number of rotatable bonds is 2. The molecule has 0 N–H and O–H groups in total. The van der Waals surface area contributed by atoms with Gasteiger partial charge in [0.1, 0.15) is 18.4 Å². The second kappa shape index (κ2) is 8.31. The number of hydrogen-bond donors (Lipinski definition) is 0. The first-order valence-electron chi connectivity index (χ1n) is 7.59. The number of hydrogen-bond acceptors (Lipinski definition) is 5. The van der Waals surface area contributed by atoms with Gasteiger partial charge in [-0.15, -0.1) is 0 Å². The number of amides is 1. The highest BCUT2D eigenvalue weighted by molar-refractivity contribution is 7.86. The summed E-state index contributed by atoms with van der Waals surface area (Å²) in [6.45, 7) is 0. The van der Waals surface area contributed by atoms with E-state index in [2.05, 4.69) is 0 Å². The summed E-state index contributed by atoms with van der Waals surface area (Å²) >= 11 is 12.1. The summed E-state index contributed by atoms with van der Waals surface area (Å²) in [5.41, 5.74) is -2.55. The highest BCUT2D eigenvalue weighted by Crippen LogP contribution is 2.31. The van der Waals surface area contributed by atoms with Crippen LogP contribution < -0.4 is 4.74 Å². The molecule has 0 aromatic heterocycles. The van der Waals surface area contributed by atoms with Crippen LogP contribution in [0, 0.1) is 0 Å². The van der Waals surface area contributed by atoms with Crippen LogP contribution in [0.2, 0.25) is 10.0 Å². The van der Waals surface area contributed by atoms with Crippen LogP contribution in [0.5, 0.6) is 5.75 Å².